The summed E-state index contributed by atoms with van der Waals surface area (Å²) in [4.78, 5) is 4.07. The van der Waals surface area contributed by atoms with Crippen molar-refractivity contribution in [3.8, 4) is 0 Å². The van der Waals surface area contributed by atoms with Crippen LogP contribution in [0, 0.1) is 13.8 Å². The zero-order valence-corrected chi connectivity index (χ0v) is 6.65. The fourth-order valence-electron chi connectivity index (χ4n) is 0.498. The predicted octanol–water partition coefficient (Wildman–Crippen LogP) is 0.338. The zero-order valence-electron chi connectivity index (χ0n) is 4.93. The molecule has 1 aromatic heterocycles. The van der Waals surface area contributed by atoms with Gasteiger partial charge in [-0.25, -0.2) is 0 Å². The van der Waals surface area contributed by atoms with Crippen LogP contribution in [0.1, 0.15) is 10.1 Å². The minimum absolute atomic E-state index is 0.365. The summed E-state index contributed by atoms with van der Waals surface area (Å²) in [6, 6.07) is 0. The van der Waals surface area contributed by atoms with Crippen molar-refractivity contribution in [2.75, 3.05) is 5.73 Å². The summed E-state index contributed by atoms with van der Waals surface area (Å²) in [5.41, 5.74) is 6.57. The number of nitrogens with zero attached hydrogens (tertiary/aromatic N) is 1. The molecule has 0 atom stereocenters. The van der Waals surface area contributed by atoms with E-state index >= 15 is 0 Å². The van der Waals surface area contributed by atoms with Gasteiger partial charge >= 0.3 is 53.9 Å². The number of anilines is 1. The second-order valence-corrected chi connectivity index (χ2v) is 4.28. The normalized spacial score (nSPS) is 9.75. The van der Waals surface area contributed by atoms with Gasteiger partial charge < -0.3 is 0 Å². The van der Waals surface area contributed by atoms with Gasteiger partial charge in [-0.05, 0) is 0 Å². The molecule has 0 fully saturated rings. The molecule has 8 heavy (non-hydrogen) atoms. The van der Waals surface area contributed by atoms with Crippen LogP contribution in [-0.4, -0.2) is 19.5 Å². The first kappa shape index (κ1) is 5.86. The molecule has 0 bridgehead atoms. The van der Waals surface area contributed by atoms with Crippen LogP contribution in [0.25, 0.3) is 0 Å². The van der Waals surface area contributed by atoms with E-state index in [1.54, 1.807) is 0 Å². The van der Waals surface area contributed by atoms with Crippen LogP contribution in [0.3, 0.4) is 0 Å². The molecule has 0 aliphatic carbocycles. The van der Waals surface area contributed by atoms with Crippen molar-refractivity contribution < 1.29 is 0 Å². The summed E-state index contributed by atoms with van der Waals surface area (Å²) < 4.78 is 2.17. The van der Waals surface area contributed by atoms with Gasteiger partial charge in [-0.15, -0.1) is 0 Å². The van der Waals surface area contributed by atoms with Gasteiger partial charge in [0.15, 0.2) is 0 Å². The Morgan fingerprint density at radius 3 is 2.25 bits per heavy atom. The SMILES string of the molecule is Cc1nc(N)[se]c1C. The number of hydrogen-bond acceptors (Lipinski definition) is 2. The van der Waals surface area contributed by atoms with E-state index < -0.39 is 0 Å². The van der Waals surface area contributed by atoms with Crippen LogP contribution < -0.4 is 5.73 Å². The Balaban J connectivity index is 3.14. The Bertz CT molecular complexity index is 173. The average molecular weight is 175 g/mol. The first-order chi connectivity index (χ1) is 3.70. The minimum atomic E-state index is 0.365. The van der Waals surface area contributed by atoms with Crippen molar-refractivity contribution >= 4 is 19.2 Å². The molecule has 0 aromatic carbocycles. The standard InChI is InChI=1S/C5H8N2Se/c1-3-4(2)8-5(6)7-3/h1-2H3,(H2,6,7). The molecule has 0 amide bonds. The molecule has 0 aliphatic heterocycles. The second-order valence-electron chi connectivity index (χ2n) is 1.69. The number of aromatic nitrogens is 1. The summed E-state index contributed by atoms with van der Waals surface area (Å²) in [5, 5.41) is 0. The van der Waals surface area contributed by atoms with E-state index in [1.165, 1.54) is 4.44 Å². The number of nitrogen functional groups attached to an aromatic ring is 1. The third-order valence-corrected chi connectivity index (χ3v) is 2.94. The third kappa shape index (κ3) is 0.932. The molecular formula is C5H8N2Se. The summed E-state index contributed by atoms with van der Waals surface area (Å²) in [6.45, 7) is 4.08. The average Bonchev–Trinajstić information content (AvgIpc) is 1.85. The van der Waals surface area contributed by atoms with Crippen LogP contribution >= 0.6 is 0 Å². The summed E-state index contributed by atoms with van der Waals surface area (Å²) in [6.07, 6.45) is 0. The summed E-state index contributed by atoms with van der Waals surface area (Å²) in [5.74, 6) is 0. The van der Waals surface area contributed by atoms with E-state index in [0.717, 1.165) is 10.4 Å². The monoisotopic (exact) mass is 176 g/mol. The van der Waals surface area contributed by atoms with Crippen molar-refractivity contribution in [2.24, 2.45) is 0 Å². The molecule has 1 heterocycles. The Morgan fingerprint density at radius 2 is 2.12 bits per heavy atom. The van der Waals surface area contributed by atoms with E-state index in [-0.39, 0.29) is 0 Å². The van der Waals surface area contributed by atoms with Crippen molar-refractivity contribution in [1.29, 1.82) is 0 Å². The molecule has 0 saturated carbocycles. The summed E-state index contributed by atoms with van der Waals surface area (Å²) in [7, 11) is 0. The van der Waals surface area contributed by atoms with Crippen LogP contribution in [0.15, 0.2) is 0 Å². The quantitative estimate of drug-likeness (QED) is 0.577. The molecular weight excluding hydrogens is 167 g/mol. The fourth-order valence-corrected chi connectivity index (χ4v) is 1.94. The van der Waals surface area contributed by atoms with E-state index in [9.17, 15) is 0 Å². The number of nitrogens with two attached hydrogens (primary N) is 1. The summed E-state index contributed by atoms with van der Waals surface area (Å²) >= 11 is 0.365. The molecule has 2 nitrogen and oxygen atoms in total. The Kier molecular flexibility index (Phi) is 1.41. The van der Waals surface area contributed by atoms with E-state index in [4.69, 9.17) is 5.73 Å². The number of aryl methyl sites for hydroxylation is 2. The van der Waals surface area contributed by atoms with Gasteiger partial charge in [0, 0.05) is 0 Å². The first-order valence-corrected chi connectivity index (χ1v) is 4.11. The van der Waals surface area contributed by atoms with Crippen LogP contribution in [0.4, 0.5) is 4.69 Å². The first-order valence-electron chi connectivity index (χ1n) is 2.39. The second kappa shape index (κ2) is 1.92. The van der Waals surface area contributed by atoms with Gasteiger partial charge in [0.1, 0.15) is 0 Å². The number of hydrogen-bond donors (Lipinski definition) is 1. The van der Waals surface area contributed by atoms with Crippen molar-refractivity contribution in [1.82, 2.24) is 4.98 Å². The van der Waals surface area contributed by atoms with Crippen molar-refractivity contribution in [3.05, 3.63) is 10.1 Å². The van der Waals surface area contributed by atoms with Crippen LogP contribution in [0.5, 0.6) is 0 Å². The van der Waals surface area contributed by atoms with Gasteiger partial charge in [0.25, 0.3) is 0 Å². The van der Waals surface area contributed by atoms with Crippen molar-refractivity contribution in [3.63, 3.8) is 0 Å². The fraction of sp³-hybridized carbons (Fsp3) is 0.400. The number of rotatable bonds is 0. The van der Waals surface area contributed by atoms with E-state index in [1.807, 2.05) is 6.92 Å². The van der Waals surface area contributed by atoms with E-state index in [2.05, 4.69) is 11.9 Å². The van der Waals surface area contributed by atoms with Gasteiger partial charge in [0.2, 0.25) is 0 Å². The maximum absolute atomic E-state index is 5.45. The maximum atomic E-state index is 5.45. The van der Waals surface area contributed by atoms with Crippen molar-refractivity contribution in [2.45, 2.75) is 13.8 Å². The molecule has 0 saturated heterocycles. The van der Waals surface area contributed by atoms with Gasteiger partial charge in [-0.1, -0.05) is 0 Å². The van der Waals surface area contributed by atoms with Gasteiger partial charge in [-0.2, -0.15) is 0 Å². The Morgan fingerprint density at radius 1 is 1.50 bits per heavy atom. The molecule has 0 spiro atoms. The Labute approximate surface area is 54.5 Å². The molecule has 1 aromatic rings. The van der Waals surface area contributed by atoms with Crippen LogP contribution in [-0.2, 0) is 0 Å². The van der Waals surface area contributed by atoms with Crippen LogP contribution in [0.2, 0.25) is 0 Å². The molecule has 3 heteroatoms. The molecule has 0 unspecified atom stereocenters. The molecule has 44 valence electrons. The topological polar surface area (TPSA) is 38.9 Å². The van der Waals surface area contributed by atoms with Gasteiger partial charge in [0.05, 0.1) is 0 Å². The zero-order chi connectivity index (χ0) is 6.15. The third-order valence-electron chi connectivity index (χ3n) is 1.05. The van der Waals surface area contributed by atoms with E-state index in [0.29, 0.717) is 14.5 Å². The van der Waals surface area contributed by atoms with Gasteiger partial charge in [-0.3, -0.25) is 0 Å². The Hall–Kier alpha value is -0.271. The molecule has 2 N–H and O–H groups in total. The predicted molar refractivity (Wildman–Crippen MR) is 35.1 cm³/mol. The molecule has 0 radical (unpaired) electrons. The molecule has 1 rings (SSSR count). The molecule has 0 aliphatic rings.